The molecule has 2 N–H and O–H groups in total. The number of methoxy groups -OCH3 is 1. The van der Waals surface area contributed by atoms with E-state index in [0.29, 0.717) is 17.9 Å². The molecular weight excluding hydrogens is 450 g/mol. The van der Waals surface area contributed by atoms with E-state index in [2.05, 4.69) is 36.2 Å². The summed E-state index contributed by atoms with van der Waals surface area (Å²) >= 11 is 1.71. The highest BCUT2D eigenvalue weighted by atomic mass is 32.2. The lowest BCUT2D eigenvalue weighted by Crippen LogP contribution is -2.25. The van der Waals surface area contributed by atoms with Crippen molar-refractivity contribution in [1.29, 1.82) is 0 Å². The number of imidazole rings is 1. The molecule has 0 unspecified atom stereocenters. The van der Waals surface area contributed by atoms with Crippen LogP contribution in [0, 0.1) is 0 Å². The summed E-state index contributed by atoms with van der Waals surface area (Å²) in [5, 5.41) is 17.0. The summed E-state index contributed by atoms with van der Waals surface area (Å²) in [7, 11) is 3.40. The van der Waals surface area contributed by atoms with Crippen molar-refractivity contribution < 1.29 is 14.6 Å². The Hall–Kier alpha value is -3.30. The summed E-state index contributed by atoms with van der Waals surface area (Å²) in [5.74, 6) is 0.530. The maximum Gasteiger partial charge on any atom is 0.269 e. The Kier molecular flexibility index (Phi) is 6.67. The molecule has 178 valence electrons. The van der Waals surface area contributed by atoms with Crippen molar-refractivity contribution in [3.05, 3.63) is 65.6 Å². The molecule has 3 heterocycles. The molecule has 0 spiro atoms. The Morgan fingerprint density at radius 3 is 2.62 bits per heavy atom. The average molecular weight is 480 g/mol. The Bertz CT molecular complexity index is 1340. The lowest BCUT2D eigenvalue weighted by Gasteiger charge is -2.19. The van der Waals surface area contributed by atoms with Crippen LogP contribution in [0.25, 0.3) is 17.0 Å². The van der Waals surface area contributed by atoms with Gasteiger partial charge in [0.25, 0.3) is 5.91 Å². The van der Waals surface area contributed by atoms with Crippen LogP contribution in [0.4, 0.5) is 0 Å². The number of hydrogen-bond donors (Lipinski definition) is 2. The molecular formula is C25H29N5O3S. The van der Waals surface area contributed by atoms with E-state index in [0.717, 1.165) is 33.1 Å². The second kappa shape index (κ2) is 9.52. The van der Waals surface area contributed by atoms with Crippen LogP contribution in [0.5, 0.6) is 5.75 Å². The summed E-state index contributed by atoms with van der Waals surface area (Å²) in [5.41, 5.74) is 4.27. The van der Waals surface area contributed by atoms with Crippen LogP contribution in [-0.2, 0) is 20.2 Å². The highest BCUT2D eigenvalue weighted by molar-refractivity contribution is 8.00. The second-order valence-electron chi connectivity index (χ2n) is 8.94. The van der Waals surface area contributed by atoms with Crippen LogP contribution >= 0.6 is 11.8 Å². The third kappa shape index (κ3) is 4.95. The number of aliphatic hydroxyl groups is 1. The number of amides is 1. The van der Waals surface area contributed by atoms with Crippen molar-refractivity contribution in [3.63, 3.8) is 0 Å². The number of nitrogens with zero attached hydrogens (tertiary/aromatic N) is 4. The van der Waals surface area contributed by atoms with E-state index in [1.165, 1.54) is 0 Å². The first-order valence-corrected chi connectivity index (χ1v) is 11.8. The van der Waals surface area contributed by atoms with Crippen molar-refractivity contribution in [2.24, 2.45) is 7.05 Å². The van der Waals surface area contributed by atoms with E-state index in [9.17, 15) is 9.90 Å². The van der Waals surface area contributed by atoms with Gasteiger partial charge in [0.2, 0.25) is 0 Å². The van der Waals surface area contributed by atoms with Crippen molar-refractivity contribution in [2.75, 3.05) is 7.11 Å². The van der Waals surface area contributed by atoms with Crippen molar-refractivity contribution in [2.45, 2.75) is 43.6 Å². The number of ether oxygens (including phenoxy) is 1. The number of pyridine rings is 1. The SMILES string of the molecule is COc1cc2ncc(-c3cc(C(=O)NCc4ccccc4CO)n(C)n3)n2cc1SC(C)(C)C. The first kappa shape index (κ1) is 23.8. The molecule has 0 radical (unpaired) electrons. The van der Waals surface area contributed by atoms with Gasteiger partial charge in [-0.15, -0.1) is 11.8 Å². The number of aryl methyl sites for hydroxylation is 1. The molecule has 0 atom stereocenters. The molecule has 1 aromatic carbocycles. The number of aromatic nitrogens is 4. The number of carbonyl (C=O) groups is 1. The Morgan fingerprint density at radius 1 is 1.21 bits per heavy atom. The molecule has 0 bridgehead atoms. The van der Waals surface area contributed by atoms with E-state index < -0.39 is 0 Å². The van der Waals surface area contributed by atoms with Crippen LogP contribution < -0.4 is 10.1 Å². The number of aliphatic hydroxyl groups excluding tert-OH is 1. The van der Waals surface area contributed by atoms with Crippen molar-refractivity contribution >= 4 is 23.3 Å². The highest BCUT2D eigenvalue weighted by Crippen LogP contribution is 2.39. The summed E-state index contributed by atoms with van der Waals surface area (Å²) in [4.78, 5) is 18.4. The minimum absolute atomic E-state index is 0.00655. The monoisotopic (exact) mass is 479 g/mol. The molecule has 34 heavy (non-hydrogen) atoms. The maximum atomic E-state index is 12.9. The second-order valence-corrected chi connectivity index (χ2v) is 10.8. The third-order valence-corrected chi connectivity index (χ3v) is 6.45. The minimum Gasteiger partial charge on any atom is -0.495 e. The summed E-state index contributed by atoms with van der Waals surface area (Å²) in [6.45, 7) is 6.70. The van der Waals surface area contributed by atoms with Gasteiger partial charge in [0.1, 0.15) is 22.8 Å². The zero-order chi connectivity index (χ0) is 24.5. The number of thioether (sulfide) groups is 1. The summed E-state index contributed by atoms with van der Waals surface area (Å²) < 4.78 is 9.13. The molecule has 0 aliphatic carbocycles. The van der Waals surface area contributed by atoms with E-state index in [-0.39, 0.29) is 17.3 Å². The third-order valence-electron chi connectivity index (χ3n) is 5.31. The predicted molar refractivity (Wildman–Crippen MR) is 133 cm³/mol. The first-order valence-electron chi connectivity index (χ1n) is 10.9. The zero-order valence-electron chi connectivity index (χ0n) is 20.0. The number of fused-ring (bicyclic) bond motifs is 1. The van der Waals surface area contributed by atoms with Gasteiger partial charge in [-0.2, -0.15) is 5.10 Å². The highest BCUT2D eigenvalue weighted by Gasteiger charge is 2.20. The lowest BCUT2D eigenvalue weighted by atomic mass is 10.1. The number of carbonyl (C=O) groups excluding carboxylic acids is 1. The van der Waals surface area contributed by atoms with E-state index in [4.69, 9.17) is 4.74 Å². The lowest BCUT2D eigenvalue weighted by molar-refractivity contribution is 0.0941. The number of hydrogen-bond acceptors (Lipinski definition) is 6. The van der Waals surface area contributed by atoms with Crippen LogP contribution in [0.15, 0.2) is 53.7 Å². The fourth-order valence-electron chi connectivity index (χ4n) is 3.70. The van der Waals surface area contributed by atoms with E-state index >= 15 is 0 Å². The fourth-order valence-corrected chi connectivity index (χ4v) is 4.76. The van der Waals surface area contributed by atoms with Gasteiger partial charge in [0.15, 0.2) is 0 Å². The molecule has 0 saturated carbocycles. The predicted octanol–water partition coefficient (Wildman–Crippen LogP) is 4.06. The molecule has 4 rings (SSSR count). The molecule has 0 aliphatic rings. The van der Waals surface area contributed by atoms with Crippen LogP contribution in [-0.4, -0.2) is 42.0 Å². The average Bonchev–Trinajstić information content (AvgIpc) is 3.38. The van der Waals surface area contributed by atoms with Gasteiger partial charge < -0.3 is 15.2 Å². The first-order chi connectivity index (χ1) is 16.2. The standard InChI is InChI=1S/C25H29N5O3S/c1-25(2,3)34-22-14-30-20(13-26-23(30)11-21(22)33-5)18-10-19(29(4)28-18)24(32)27-12-16-8-6-7-9-17(16)15-31/h6-11,13-14,31H,12,15H2,1-5H3,(H,27,32). The minimum atomic E-state index is -0.242. The largest absolute Gasteiger partial charge is 0.495 e. The van der Waals surface area contributed by atoms with Crippen molar-refractivity contribution in [1.82, 2.24) is 24.5 Å². The van der Waals surface area contributed by atoms with Crippen molar-refractivity contribution in [3.8, 4) is 17.1 Å². The van der Waals surface area contributed by atoms with Gasteiger partial charge in [0, 0.05) is 30.6 Å². The number of rotatable bonds is 7. The molecule has 0 fully saturated rings. The van der Waals surface area contributed by atoms with Gasteiger partial charge in [0.05, 0.1) is 30.5 Å². The molecule has 9 heteroatoms. The van der Waals surface area contributed by atoms with Crippen LogP contribution in [0.3, 0.4) is 0 Å². The van der Waals surface area contributed by atoms with Gasteiger partial charge >= 0.3 is 0 Å². The van der Waals surface area contributed by atoms with Gasteiger partial charge in [-0.05, 0) is 17.2 Å². The molecule has 4 aromatic rings. The smallest absolute Gasteiger partial charge is 0.269 e. The molecule has 1 amide bonds. The van der Waals surface area contributed by atoms with Gasteiger partial charge in [-0.1, -0.05) is 45.0 Å². The molecule has 0 saturated heterocycles. The summed E-state index contributed by atoms with van der Waals surface area (Å²) in [6, 6.07) is 11.1. The molecule has 0 aliphatic heterocycles. The topological polar surface area (TPSA) is 93.7 Å². The van der Waals surface area contributed by atoms with Gasteiger partial charge in [-0.25, -0.2) is 4.98 Å². The number of nitrogens with one attached hydrogen (secondary N) is 1. The van der Waals surface area contributed by atoms with Crippen LogP contribution in [0.1, 0.15) is 42.4 Å². The normalized spacial score (nSPS) is 11.7. The van der Waals surface area contributed by atoms with Gasteiger partial charge in [-0.3, -0.25) is 13.9 Å². The Labute approximate surface area is 203 Å². The fraction of sp³-hybridized carbons (Fsp3) is 0.320. The Balaban J connectivity index is 1.63. The Morgan fingerprint density at radius 2 is 1.94 bits per heavy atom. The van der Waals surface area contributed by atoms with E-state index in [1.807, 2.05) is 40.9 Å². The molecule has 8 nitrogen and oxygen atoms in total. The zero-order valence-corrected chi connectivity index (χ0v) is 20.8. The number of benzene rings is 1. The summed E-state index contributed by atoms with van der Waals surface area (Å²) in [6.07, 6.45) is 3.76. The molecule has 3 aromatic heterocycles. The van der Waals surface area contributed by atoms with Crippen LogP contribution in [0.2, 0.25) is 0 Å². The maximum absolute atomic E-state index is 12.9. The quantitative estimate of drug-likeness (QED) is 0.388. The van der Waals surface area contributed by atoms with E-state index in [1.54, 1.807) is 42.9 Å².